The van der Waals surface area contributed by atoms with E-state index in [0.29, 0.717) is 12.8 Å². The van der Waals surface area contributed by atoms with E-state index in [1.807, 2.05) is 46.7 Å². The number of aliphatic hydroxyl groups excluding tert-OH is 3. The maximum atomic E-state index is 14.8. The fourth-order valence-electron chi connectivity index (χ4n) is 14.3. The lowest BCUT2D eigenvalue weighted by Crippen LogP contribution is -2.61. The first kappa shape index (κ1) is 67.8. The van der Waals surface area contributed by atoms with E-state index in [1.165, 1.54) is 42.8 Å². The van der Waals surface area contributed by atoms with Crippen LogP contribution in [-0.2, 0) is 33.3 Å². The highest BCUT2D eigenvalue weighted by Crippen LogP contribution is 2.56. The summed E-state index contributed by atoms with van der Waals surface area (Å²) in [6.07, 6.45) is 2.98. The highest BCUT2D eigenvalue weighted by molar-refractivity contribution is 7.95. The van der Waals surface area contributed by atoms with Crippen LogP contribution in [0.1, 0.15) is 159 Å². The van der Waals surface area contributed by atoms with Gasteiger partial charge >= 0.3 is 5.97 Å². The van der Waals surface area contributed by atoms with Crippen molar-refractivity contribution in [1.29, 1.82) is 0 Å². The smallest absolute Gasteiger partial charge is 0.309 e. The lowest BCUT2D eigenvalue weighted by Gasteiger charge is -2.51. The highest BCUT2D eigenvalue weighted by atomic mass is 31.2. The van der Waals surface area contributed by atoms with Crippen molar-refractivity contribution in [3.63, 3.8) is 0 Å². The molecule has 82 heavy (non-hydrogen) atoms. The molecule has 0 spiro atoms. The maximum absolute atomic E-state index is 14.8. The number of nitrogens with zero attached hydrogens (tertiary/aromatic N) is 2. The topological polar surface area (TPSA) is 188 Å². The Labute approximate surface area is 493 Å². The standard InChI is InChI=1S/C67H106N2O12P/c1-14-56-67(10,76)60(72)49(6)69(57(70)39-31-20-18-16-15-17-19-21-32-40-82(51-33-25-22-26-34-51,52-35-27-23-28-36-52)53-37-29-24-30-38-53)44-45(2)42-65(8,75)62(81-64-59(71)54(68(11)12)41-46(3)78-64)47(4)58(48(5)63(74)80-56)55-43-66(9,77-13)61(73)50(7)79-55/h22-30,33-38,45-50,54-56,58-62,64,71-73,75-76H,14-21,31-32,39-44H2,1-13H3/q+1/t45-,46-,47+,48-,49-,50+,54+,55?,56-,58+,59-,60-,61+,62-,64+,65-,66-,67-/m1/s1. The van der Waals surface area contributed by atoms with Gasteiger partial charge in [-0.25, -0.2) is 0 Å². The SMILES string of the molecule is CC[C@H]1OC(=O)[C@H](C)[C@@H](C2C[C@@](C)(OC)[C@@H](O)[C@H](C)O2)[C@H](C)[C@@H](O[C@@H]2O[C@H](C)C[C@H](N(C)C)[C@H]2O)[C@](C)(O)C[C@@H](C)CN(C(=O)CCCCCCCCCCC[P+](c2ccccc2)(c2ccccc2)c2ccccc2)[C@H](C)[C@@H](O)[C@]1(C)O. The number of ether oxygens (including phenoxy) is 5. The van der Waals surface area contributed by atoms with Crippen molar-refractivity contribution in [2.75, 3.05) is 33.9 Å². The summed E-state index contributed by atoms with van der Waals surface area (Å²) < 4.78 is 32.2. The van der Waals surface area contributed by atoms with Gasteiger partial charge in [-0.15, -0.1) is 0 Å². The molecule has 3 heterocycles. The van der Waals surface area contributed by atoms with Crippen molar-refractivity contribution >= 4 is 35.1 Å². The van der Waals surface area contributed by atoms with Gasteiger partial charge in [0.05, 0.1) is 53.7 Å². The average molecular weight is 1160 g/mol. The van der Waals surface area contributed by atoms with Crippen LogP contribution >= 0.6 is 7.26 Å². The van der Waals surface area contributed by atoms with Gasteiger partial charge in [-0.05, 0) is 142 Å². The number of hydrogen-bond acceptors (Lipinski definition) is 13. The Morgan fingerprint density at radius 3 is 1.74 bits per heavy atom. The molecule has 3 aliphatic rings. The van der Waals surface area contributed by atoms with Crippen LogP contribution in [0.5, 0.6) is 0 Å². The Bertz CT molecular complexity index is 2290. The zero-order chi connectivity index (χ0) is 60.2. The second-order valence-corrected chi connectivity index (χ2v) is 29.4. The number of cyclic esters (lactones) is 1. The summed E-state index contributed by atoms with van der Waals surface area (Å²) in [6.45, 7) is 17.9. The van der Waals surface area contributed by atoms with Gasteiger partial charge in [0.2, 0.25) is 5.91 Å². The number of hydrogen-bond donors (Lipinski definition) is 5. The first-order valence-electron chi connectivity index (χ1n) is 31.1. The number of methoxy groups -OCH3 is 1. The van der Waals surface area contributed by atoms with Gasteiger partial charge in [-0.2, -0.15) is 0 Å². The number of amides is 1. The van der Waals surface area contributed by atoms with E-state index in [9.17, 15) is 35.1 Å². The lowest BCUT2D eigenvalue weighted by atomic mass is 9.68. The van der Waals surface area contributed by atoms with Crippen molar-refractivity contribution in [2.24, 2.45) is 23.7 Å². The fraction of sp³-hybridized carbons (Fsp3) is 0.701. The average Bonchev–Trinajstić information content (AvgIpc) is 2.38. The Kier molecular flexibility index (Phi) is 25.0. The lowest BCUT2D eigenvalue weighted by molar-refractivity contribution is -0.302. The first-order valence-corrected chi connectivity index (χ1v) is 33.0. The van der Waals surface area contributed by atoms with E-state index >= 15 is 0 Å². The third-order valence-electron chi connectivity index (χ3n) is 19.1. The van der Waals surface area contributed by atoms with E-state index in [0.717, 1.165) is 44.7 Å². The highest BCUT2D eigenvalue weighted by Gasteiger charge is 2.55. The van der Waals surface area contributed by atoms with Crippen molar-refractivity contribution in [1.82, 2.24) is 9.80 Å². The van der Waals surface area contributed by atoms with E-state index in [2.05, 4.69) is 91.0 Å². The molecule has 0 radical (unpaired) electrons. The van der Waals surface area contributed by atoms with E-state index < -0.39 is 103 Å². The number of benzene rings is 3. The van der Waals surface area contributed by atoms with Crippen LogP contribution in [-0.4, -0.2) is 165 Å². The van der Waals surface area contributed by atoms with Crippen LogP contribution in [0.3, 0.4) is 0 Å². The largest absolute Gasteiger partial charge is 0.459 e. The molecule has 0 aromatic heterocycles. The minimum absolute atomic E-state index is 0.107. The molecular weight excluding hydrogens is 1060 g/mol. The monoisotopic (exact) mass is 1160 g/mol. The number of unbranched alkanes of at least 4 members (excludes halogenated alkanes) is 8. The van der Waals surface area contributed by atoms with Crippen molar-refractivity contribution in [3.05, 3.63) is 91.0 Å². The van der Waals surface area contributed by atoms with Gasteiger partial charge in [0.25, 0.3) is 0 Å². The number of rotatable bonds is 21. The molecule has 15 heteroatoms. The number of likely N-dealkylation sites (N-methyl/N-ethyl adjacent to an activating group) is 1. The minimum atomic E-state index is -1.98. The van der Waals surface area contributed by atoms with E-state index in [1.54, 1.807) is 39.5 Å². The number of carbonyl (C=O) groups is 2. The molecule has 5 N–H and O–H groups in total. The van der Waals surface area contributed by atoms with Crippen molar-refractivity contribution < 1.29 is 58.8 Å². The second kappa shape index (κ2) is 30.3. The predicted octanol–water partition coefficient (Wildman–Crippen LogP) is 8.97. The van der Waals surface area contributed by atoms with Gasteiger partial charge in [0.15, 0.2) is 6.29 Å². The van der Waals surface area contributed by atoms with Gasteiger partial charge in [-0.3, -0.25) is 9.59 Å². The summed E-state index contributed by atoms with van der Waals surface area (Å²) in [5, 5.41) is 65.2. The van der Waals surface area contributed by atoms with Crippen LogP contribution < -0.4 is 15.9 Å². The molecule has 18 atom stereocenters. The molecule has 0 aliphatic carbocycles. The molecule has 3 aromatic rings. The molecule has 3 aromatic carbocycles. The number of aliphatic hydroxyl groups is 5. The molecule has 14 nitrogen and oxygen atoms in total. The van der Waals surface area contributed by atoms with E-state index in [4.69, 9.17) is 23.7 Å². The quantitative estimate of drug-likeness (QED) is 0.0387. The van der Waals surface area contributed by atoms with Gasteiger partial charge in [0, 0.05) is 38.5 Å². The van der Waals surface area contributed by atoms with Crippen LogP contribution in [0.4, 0.5) is 0 Å². The third-order valence-corrected chi connectivity index (χ3v) is 23.6. The summed E-state index contributed by atoms with van der Waals surface area (Å²) in [6, 6.07) is 32.0. The molecule has 3 saturated heterocycles. The number of carbonyl (C=O) groups excluding carboxylic acids is 2. The molecule has 460 valence electrons. The fourth-order valence-corrected chi connectivity index (χ4v) is 18.7. The van der Waals surface area contributed by atoms with Gasteiger partial charge in [-0.1, -0.05) is 121 Å². The van der Waals surface area contributed by atoms with E-state index in [-0.39, 0.29) is 56.2 Å². The molecule has 1 unspecified atom stereocenters. The zero-order valence-electron chi connectivity index (χ0n) is 52.1. The minimum Gasteiger partial charge on any atom is -0.459 e. The summed E-state index contributed by atoms with van der Waals surface area (Å²) >= 11 is 0. The summed E-state index contributed by atoms with van der Waals surface area (Å²) in [5.74, 6) is -3.62. The maximum Gasteiger partial charge on any atom is 0.309 e. The third kappa shape index (κ3) is 16.2. The molecule has 0 saturated carbocycles. The molecule has 1 amide bonds. The van der Waals surface area contributed by atoms with Crippen molar-refractivity contribution in [2.45, 2.75) is 243 Å². The Morgan fingerprint density at radius 2 is 1.24 bits per heavy atom. The normalized spacial score (nSPS) is 35.6. The van der Waals surface area contributed by atoms with Gasteiger partial charge in [0.1, 0.15) is 53.2 Å². The van der Waals surface area contributed by atoms with Crippen LogP contribution in [0.25, 0.3) is 0 Å². The Morgan fingerprint density at radius 1 is 0.732 bits per heavy atom. The zero-order valence-corrected chi connectivity index (χ0v) is 53.0. The molecule has 3 aliphatic heterocycles. The van der Waals surface area contributed by atoms with Crippen LogP contribution in [0.15, 0.2) is 91.0 Å². The predicted molar refractivity (Wildman–Crippen MR) is 328 cm³/mol. The summed E-state index contributed by atoms with van der Waals surface area (Å²) in [5.41, 5.74) is -4.72. The molecule has 3 fully saturated rings. The Hall–Kier alpha value is -3.37. The van der Waals surface area contributed by atoms with Crippen LogP contribution in [0.2, 0.25) is 0 Å². The molecule has 0 bridgehead atoms. The van der Waals surface area contributed by atoms with Gasteiger partial charge < -0.3 is 59.0 Å². The van der Waals surface area contributed by atoms with Crippen LogP contribution in [0, 0.1) is 23.7 Å². The number of esters is 1. The Balaban J connectivity index is 1.16. The van der Waals surface area contributed by atoms with Crippen molar-refractivity contribution in [3.8, 4) is 0 Å². The second-order valence-electron chi connectivity index (χ2n) is 25.8. The summed E-state index contributed by atoms with van der Waals surface area (Å²) in [7, 11) is 3.48. The molecular formula is C67H106N2O12P+. The molecule has 6 rings (SSSR count). The summed E-state index contributed by atoms with van der Waals surface area (Å²) in [4.78, 5) is 33.0. The first-order chi connectivity index (χ1) is 38.8.